The van der Waals surface area contributed by atoms with Crippen molar-refractivity contribution in [2.45, 2.75) is 0 Å². The van der Waals surface area contributed by atoms with Crippen molar-refractivity contribution in [2.75, 3.05) is 13.7 Å². The van der Waals surface area contributed by atoms with Gasteiger partial charge in [-0.3, -0.25) is 0 Å². The number of hydrogen-bond acceptors (Lipinski definition) is 4. The molecular weight excluding hydrogens is 134 g/mol. The smallest absolute Gasteiger partial charge is 0.330 e. The lowest BCUT2D eigenvalue weighted by atomic mass is 10.5. The van der Waals surface area contributed by atoms with Crippen LogP contribution in [0.25, 0.3) is 0 Å². The summed E-state index contributed by atoms with van der Waals surface area (Å²) in [5.74, 6) is -0.457. The molecule has 0 aromatic carbocycles. The number of isocyanates is 1. The molecule has 0 radical (unpaired) electrons. The third kappa shape index (κ3) is 4.74. The summed E-state index contributed by atoms with van der Waals surface area (Å²) >= 11 is 0. The Balaban J connectivity index is 3.55. The van der Waals surface area contributed by atoms with E-state index in [1.165, 1.54) is 25.3 Å². The monoisotopic (exact) mass is 141 g/mol. The van der Waals surface area contributed by atoms with E-state index in [1.807, 2.05) is 0 Å². The highest BCUT2D eigenvalue weighted by Gasteiger charge is 1.86. The van der Waals surface area contributed by atoms with Crippen LogP contribution in [0.5, 0.6) is 0 Å². The maximum absolute atomic E-state index is 10.3. The Morgan fingerprint density at radius 3 is 3.00 bits per heavy atom. The molecule has 0 saturated carbocycles. The summed E-state index contributed by atoms with van der Waals surface area (Å²) < 4.78 is 4.26. The SMILES string of the molecule is COC(=O)/C=C/CN=C=O. The molecule has 0 rings (SSSR count). The Morgan fingerprint density at radius 2 is 2.50 bits per heavy atom. The van der Waals surface area contributed by atoms with Gasteiger partial charge >= 0.3 is 5.97 Å². The van der Waals surface area contributed by atoms with E-state index in [4.69, 9.17) is 0 Å². The molecule has 10 heavy (non-hydrogen) atoms. The molecule has 0 heterocycles. The number of carbonyl (C=O) groups is 1. The highest BCUT2D eigenvalue weighted by molar-refractivity contribution is 5.81. The topological polar surface area (TPSA) is 55.7 Å². The minimum Gasteiger partial charge on any atom is -0.466 e. The number of esters is 1. The molecule has 0 fully saturated rings. The second-order valence-corrected chi connectivity index (χ2v) is 1.36. The van der Waals surface area contributed by atoms with Gasteiger partial charge in [-0.05, 0) is 0 Å². The van der Waals surface area contributed by atoms with E-state index >= 15 is 0 Å². The summed E-state index contributed by atoms with van der Waals surface area (Å²) in [6.45, 7) is 0.165. The van der Waals surface area contributed by atoms with E-state index in [2.05, 4.69) is 9.73 Å². The van der Waals surface area contributed by atoms with Gasteiger partial charge in [-0.2, -0.15) is 0 Å². The molecule has 0 aliphatic rings. The first-order valence-corrected chi connectivity index (χ1v) is 2.59. The number of hydrogen-bond donors (Lipinski definition) is 0. The van der Waals surface area contributed by atoms with Gasteiger partial charge in [-0.25, -0.2) is 14.6 Å². The third-order valence-electron chi connectivity index (χ3n) is 0.716. The zero-order valence-corrected chi connectivity index (χ0v) is 5.53. The normalized spacial score (nSPS) is 8.90. The van der Waals surface area contributed by atoms with Crippen LogP contribution in [0.1, 0.15) is 0 Å². The number of methoxy groups -OCH3 is 1. The van der Waals surface area contributed by atoms with Gasteiger partial charge in [0.15, 0.2) is 0 Å². The predicted octanol–water partition coefficient (Wildman–Crippen LogP) is 0.0514. The van der Waals surface area contributed by atoms with Gasteiger partial charge in [0.25, 0.3) is 0 Å². The fraction of sp³-hybridized carbons (Fsp3) is 0.333. The van der Waals surface area contributed by atoms with Crippen molar-refractivity contribution in [1.29, 1.82) is 0 Å². The molecule has 0 bridgehead atoms. The van der Waals surface area contributed by atoms with Crippen molar-refractivity contribution in [3.8, 4) is 0 Å². The summed E-state index contributed by atoms with van der Waals surface area (Å²) in [4.78, 5) is 23.0. The van der Waals surface area contributed by atoms with Crippen molar-refractivity contribution in [3.05, 3.63) is 12.2 Å². The predicted molar refractivity (Wildman–Crippen MR) is 34.1 cm³/mol. The van der Waals surface area contributed by atoms with Crippen LogP contribution in [0.3, 0.4) is 0 Å². The van der Waals surface area contributed by atoms with Crippen LogP contribution in [0.4, 0.5) is 0 Å². The molecule has 0 atom stereocenters. The second kappa shape index (κ2) is 5.72. The fourth-order valence-electron chi connectivity index (χ4n) is 0.307. The molecule has 0 N–H and O–H groups in total. The molecule has 0 amide bonds. The number of carbonyl (C=O) groups excluding carboxylic acids is 2. The first kappa shape index (κ1) is 8.59. The summed E-state index contributed by atoms with van der Waals surface area (Å²) in [5, 5.41) is 0. The lowest BCUT2D eigenvalue weighted by Gasteiger charge is -1.86. The van der Waals surface area contributed by atoms with Gasteiger partial charge in [-0.15, -0.1) is 0 Å². The molecular formula is C6H7NO3. The Bertz CT molecular complexity index is 179. The van der Waals surface area contributed by atoms with Crippen LogP contribution in [-0.2, 0) is 14.3 Å². The van der Waals surface area contributed by atoms with E-state index in [-0.39, 0.29) is 6.54 Å². The maximum atomic E-state index is 10.3. The van der Waals surface area contributed by atoms with Gasteiger partial charge in [-0.1, -0.05) is 6.08 Å². The number of ether oxygens (including phenoxy) is 1. The number of aliphatic imine (C=N–C) groups is 1. The van der Waals surface area contributed by atoms with Gasteiger partial charge in [0, 0.05) is 6.08 Å². The molecule has 54 valence electrons. The molecule has 0 saturated heterocycles. The van der Waals surface area contributed by atoms with Crippen LogP contribution in [-0.4, -0.2) is 25.7 Å². The molecule has 0 spiro atoms. The first-order chi connectivity index (χ1) is 4.81. The number of rotatable bonds is 3. The maximum Gasteiger partial charge on any atom is 0.330 e. The first-order valence-electron chi connectivity index (χ1n) is 2.59. The fourth-order valence-corrected chi connectivity index (χ4v) is 0.307. The molecule has 0 aliphatic heterocycles. The summed E-state index contributed by atoms with van der Waals surface area (Å²) in [6.07, 6.45) is 3.94. The second-order valence-electron chi connectivity index (χ2n) is 1.36. The van der Waals surface area contributed by atoms with Crippen LogP contribution >= 0.6 is 0 Å². The molecule has 0 aromatic rings. The van der Waals surface area contributed by atoms with Crippen LogP contribution in [0.15, 0.2) is 17.1 Å². The standard InChI is InChI=1S/C6H7NO3/c1-10-6(9)3-2-4-7-5-8/h2-3H,4H2,1H3/b3-2+. The Kier molecular flexibility index (Phi) is 4.91. The minimum atomic E-state index is -0.457. The van der Waals surface area contributed by atoms with Gasteiger partial charge in [0.1, 0.15) is 0 Å². The van der Waals surface area contributed by atoms with E-state index in [1.54, 1.807) is 0 Å². The van der Waals surface area contributed by atoms with Crippen LogP contribution in [0.2, 0.25) is 0 Å². The Labute approximate surface area is 58.2 Å². The highest BCUT2D eigenvalue weighted by atomic mass is 16.5. The molecule has 0 aliphatic carbocycles. The van der Waals surface area contributed by atoms with Crippen molar-refractivity contribution in [1.82, 2.24) is 0 Å². The molecule has 4 heteroatoms. The van der Waals surface area contributed by atoms with E-state index in [0.29, 0.717) is 0 Å². The summed E-state index contributed by atoms with van der Waals surface area (Å²) in [7, 11) is 1.27. The summed E-state index contributed by atoms with van der Waals surface area (Å²) in [6, 6.07) is 0. The van der Waals surface area contributed by atoms with Crippen LogP contribution in [0, 0.1) is 0 Å². The molecule has 4 nitrogen and oxygen atoms in total. The van der Waals surface area contributed by atoms with Crippen LogP contribution < -0.4 is 0 Å². The van der Waals surface area contributed by atoms with E-state index < -0.39 is 5.97 Å². The Morgan fingerprint density at radius 1 is 1.80 bits per heavy atom. The van der Waals surface area contributed by atoms with Crippen molar-refractivity contribution < 1.29 is 14.3 Å². The van der Waals surface area contributed by atoms with Crippen molar-refractivity contribution in [3.63, 3.8) is 0 Å². The zero-order valence-electron chi connectivity index (χ0n) is 5.53. The Hall–Kier alpha value is -1.41. The largest absolute Gasteiger partial charge is 0.466 e. The van der Waals surface area contributed by atoms with E-state index in [9.17, 15) is 9.59 Å². The van der Waals surface area contributed by atoms with Crippen molar-refractivity contribution >= 4 is 12.0 Å². The van der Waals surface area contributed by atoms with E-state index in [0.717, 1.165) is 0 Å². The lowest BCUT2D eigenvalue weighted by Crippen LogP contribution is -1.93. The highest BCUT2D eigenvalue weighted by Crippen LogP contribution is 1.77. The van der Waals surface area contributed by atoms with Gasteiger partial charge in [0.05, 0.1) is 13.7 Å². The average molecular weight is 141 g/mol. The van der Waals surface area contributed by atoms with Crippen molar-refractivity contribution in [2.24, 2.45) is 4.99 Å². The lowest BCUT2D eigenvalue weighted by molar-refractivity contribution is -0.134. The number of nitrogens with zero attached hydrogens (tertiary/aromatic N) is 1. The van der Waals surface area contributed by atoms with Gasteiger partial charge in [0.2, 0.25) is 6.08 Å². The summed E-state index contributed by atoms with van der Waals surface area (Å²) in [5.41, 5.74) is 0. The minimum absolute atomic E-state index is 0.165. The van der Waals surface area contributed by atoms with Gasteiger partial charge < -0.3 is 4.74 Å². The zero-order chi connectivity index (χ0) is 7.82. The average Bonchev–Trinajstić information content (AvgIpc) is 1.98. The quantitative estimate of drug-likeness (QED) is 0.241. The molecule has 0 unspecified atom stereocenters. The third-order valence-corrected chi connectivity index (χ3v) is 0.716. The molecule has 0 aromatic heterocycles.